The van der Waals surface area contributed by atoms with Crippen LogP contribution >= 0.6 is 43.2 Å². The molecule has 0 aliphatic carbocycles. The summed E-state index contributed by atoms with van der Waals surface area (Å²) in [6, 6.07) is 3.19. The molecule has 0 radical (unpaired) electrons. The molecule has 0 unspecified atom stereocenters. The zero-order valence-corrected chi connectivity index (χ0v) is 15.2. The van der Waals surface area contributed by atoms with Crippen molar-refractivity contribution < 1.29 is 8.42 Å². The van der Waals surface area contributed by atoms with Gasteiger partial charge in [-0.05, 0) is 35.0 Å². The molecule has 108 valence electrons. The molecule has 0 spiro atoms. The third kappa shape index (κ3) is 3.59. The van der Waals surface area contributed by atoms with Gasteiger partial charge >= 0.3 is 0 Å². The van der Waals surface area contributed by atoms with E-state index < -0.39 is 10.0 Å². The van der Waals surface area contributed by atoms with Gasteiger partial charge in [0.15, 0.2) is 0 Å². The number of benzene rings is 1. The van der Waals surface area contributed by atoms with Crippen molar-refractivity contribution in [3.05, 3.63) is 37.2 Å². The number of nitrogen functional groups attached to an aromatic ring is 1. The number of aromatic nitrogens is 1. The summed E-state index contributed by atoms with van der Waals surface area (Å²) in [4.78, 5) is 4.97. The minimum Gasteiger partial charge on any atom is -0.398 e. The first-order chi connectivity index (χ1) is 9.29. The van der Waals surface area contributed by atoms with Crippen LogP contribution < -0.4 is 10.5 Å². The second-order valence-electron chi connectivity index (χ2n) is 3.98. The highest BCUT2D eigenvalue weighted by molar-refractivity contribution is 9.11. The molecule has 20 heavy (non-hydrogen) atoms. The van der Waals surface area contributed by atoms with Gasteiger partial charge in [-0.1, -0.05) is 15.9 Å². The first kappa shape index (κ1) is 15.9. The number of nitrogens with two attached hydrogens (primary N) is 1. The number of hydrogen-bond donors (Lipinski definition) is 2. The molecule has 2 aromatic rings. The average Bonchev–Trinajstić information content (AvgIpc) is 2.71. The minimum atomic E-state index is -3.69. The van der Waals surface area contributed by atoms with Crippen molar-refractivity contribution in [3.63, 3.8) is 0 Å². The maximum Gasteiger partial charge on any atom is 0.244 e. The predicted octanol–water partition coefficient (Wildman–Crippen LogP) is 3.04. The summed E-state index contributed by atoms with van der Waals surface area (Å²) in [5, 5.41) is 0.892. The van der Waals surface area contributed by atoms with Crippen LogP contribution in [0.5, 0.6) is 0 Å². The summed E-state index contributed by atoms with van der Waals surface area (Å²) >= 11 is 7.93. The quantitative estimate of drug-likeness (QED) is 0.715. The standard InChI is InChI=1S/C11H11Br2N3O2S2/c1-6-15-4-8(19-6)5-16-20(17,18)11-9(13)2-7(12)3-10(11)14/h2-4,16H,5,14H2,1H3. The summed E-state index contributed by atoms with van der Waals surface area (Å²) in [5.41, 5.74) is 5.97. The van der Waals surface area contributed by atoms with E-state index in [1.54, 1.807) is 18.3 Å². The number of thiazole rings is 1. The van der Waals surface area contributed by atoms with E-state index in [0.29, 0.717) is 8.95 Å². The summed E-state index contributed by atoms with van der Waals surface area (Å²) in [7, 11) is -3.69. The van der Waals surface area contributed by atoms with Gasteiger partial charge < -0.3 is 5.73 Å². The lowest BCUT2D eigenvalue weighted by Gasteiger charge is -2.11. The molecule has 0 atom stereocenters. The van der Waals surface area contributed by atoms with Gasteiger partial charge in [-0.3, -0.25) is 0 Å². The molecule has 0 bridgehead atoms. The van der Waals surface area contributed by atoms with Crippen LogP contribution in [0.3, 0.4) is 0 Å². The number of hydrogen-bond acceptors (Lipinski definition) is 5. The second kappa shape index (κ2) is 6.10. The zero-order chi connectivity index (χ0) is 14.9. The van der Waals surface area contributed by atoms with Crippen LogP contribution in [0.4, 0.5) is 5.69 Å². The number of nitrogens with one attached hydrogen (secondary N) is 1. The van der Waals surface area contributed by atoms with Crippen LogP contribution in [0, 0.1) is 6.92 Å². The third-order valence-corrected chi connectivity index (χ3v) is 6.19. The lowest BCUT2D eigenvalue weighted by molar-refractivity contribution is 0.581. The number of rotatable bonds is 4. The molecule has 0 fully saturated rings. The predicted molar refractivity (Wildman–Crippen MR) is 87.1 cm³/mol. The van der Waals surface area contributed by atoms with E-state index >= 15 is 0 Å². The molecule has 1 aromatic heterocycles. The van der Waals surface area contributed by atoms with Gasteiger partial charge in [-0.15, -0.1) is 11.3 Å². The molecule has 5 nitrogen and oxygen atoms in total. The molecule has 0 saturated heterocycles. The van der Waals surface area contributed by atoms with Gasteiger partial charge in [0.1, 0.15) is 4.90 Å². The lowest BCUT2D eigenvalue weighted by Crippen LogP contribution is -2.24. The molecule has 1 aromatic carbocycles. The monoisotopic (exact) mass is 439 g/mol. The second-order valence-corrected chi connectivity index (χ2v) is 8.77. The van der Waals surface area contributed by atoms with Crippen molar-refractivity contribution in [2.24, 2.45) is 0 Å². The molecule has 2 rings (SSSR count). The van der Waals surface area contributed by atoms with E-state index in [-0.39, 0.29) is 17.1 Å². The summed E-state index contributed by atoms with van der Waals surface area (Å²) < 4.78 is 28.3. The van der Waals surface area contributed by atoms with Crippen LogP contribution in [-0.4, -0.2) is 13.4 Å². The maximum atomic E-state index is 12.3. The number of aryl methyl sites for hydroxylation is 1. The van der Waals surface area contributed by atoms with Crippen LogP contribution in [-0.2, 0) is 16.6 Å². The van der Waals surface area contributed by atoms with Crippen molar-refractivity contribution in [1.82, 2.24) is 9.71 Å². The van der Waals surface area contributed by atoms with Crippen LogP contribution in [0.15, 0.2) is 32.2 Å². The summed E-state index contributed by atoms with van der Waals surface area (Å²) in [6.07, 6.45) is 1.66. The first-order valence-electron chi connectivity index (χ1n) is 5.45. The third-order valence-electron chi connectivity index (χ3n) is 2.41. The molecule has 3 N–H and O–H groups in total. The molecular formula is C11H11Br2N3O2S2. The van der Waals surface area contributed by atoms with Crippen molar-refractivity contribution in [2.75, 3.05) is 5.73 Å². The van der Waals surface area contributed by atoms with E-state index in [2.05, 4.69) is 41.6 Å². The Kier molecular flexibility index (Phi) is 4.85. The van der Waals surface area contributed by atoms with Crippen molar-refractivity contribution >= 4 is 58.9 Å². The van der Waals surface area contributed by atoms with Gasteiger partial charge in [0, 0.05) is 26.6 Å². The smallest absolute Gasteiger partial charge is 0.244 e. The SMILES string of the molecule is Cc1ncc(CNS(=O)(=O)c2c(N)cc(Br)cc2Br)s1. The van der Waals surface area contributed by atoms with E-state index in [4.69, 9.17) is 5.73 Å². The molecule has 9 heteroatoms. The number of halogens is 2. The molecule has 0 aliphatic heterocycles. The van der Waals surface area contributed by atoms with E-state index in [1.807, 2.05) is 6.92 Å². The van der Waals surface area contributed by atoms with Crippen molar-refractivity contribution in [3.8, 4) is 0 Å². The van der Waals surface area contributed by atoms with Crippen molar-refractivity contribution in [1.29, 1.82) is 0 Å². The van der Waals surface area contributed by atoms with Crippen LogP contribution in [0.1, 0.15) is 9.88 Å². The fourth-order valence-electron chi connectivity index (χ4n) is 1.59. The Morgan fingerprint density at radius 2 is 2.10 bits per heavy atom. The Balaban J connectivity index is 2.27. The fraction of sp³-hybridized carbons (Fsp3) is 0.182. The number of anilines is 1. The van der Waals surface area contributed by atoms with E-state index in [9.17, 15) is 8.42 Å². The summed E-state index contributed by atoms with van der Waals surface area (Å²) in [5.74, 6) is 0. The normalized spacial score (nSPS) is 11.8. The summed E-state index contributed by atoms with van der Waals surface area (Å²) in [6.45, 7) is 2.06. The molecule has 0 aliphatic rings. The largest absolute Gasteiger partial charge is 0.398 e. The molecular weight excluding hydrogens is 430 g/mol. The van der Waals surface area contributed by atoms with Gasteiger partial charge in [0.05, 0.1) is 10.7 Å². The first-order valence-corrected chi connectivity index (χ1v) is 9.33. The Hall–Kier alpha value is -0.480. The van der Waals surface area contributed by atoms with Crippen LogP contribution in [0.2, 0.25) is 0 Å². The highest BCUT2D eigenvalue weighted by Gasteiger charge is 2.21. The van der Waals surface area contributed by atoms with Crippen LogP contribution in [0.25, 0.3) is 0 Å². The highest BCUT2D eigenvalue weighted by Crippen LogP contribution is 2.31. The molecule has 0 saturated carbocycles. The van der Waals surface area contributed by atoms with E-state index in [1.165, 1.54) is 11.3 Å². The van der Waals surface area contributed by atoms with Gasteiger partial charge in [0.2, 0.25) is 10.0 Å². The number of nitrogens with zero attached hydrogens (tertiary/aromatic N) is 1. The topological polar surface area (TPSA) is 85.1 Å². The fourth-order valence-corrected chi connectivity index (χ4v) is 5.49. The Bertz CT molecular complexity index is 721. The average molecular weight is 441 g/mol. The maximum absolute atomic E-state index is 12.3. The van der Waals surface area contributed by atoms with Crippen molar-refractivity contribution in [2.45, 2.75) is 18.4 Å². The lowest BCUT2D eigenvalue weighted by atomic mass is 10.3. The Morgan fingerprint density at radius 3 is 2.65 bits per heavy atom. The minimum absolute atomic E-state index is 0.0435. The molecule has 0 amide bonds. The van der Waals surface area contributed by atoms with Gasteiger partial charge in [-0.25, -0.2) is 18.1 Å². The Labute approximate surface area is 137 Å². The van der Waals surface area contributed by atoms with Gasteiger partial charge in [-0.2, -0.15) is 0 Å². The zero-order valence-electron chi connectivity index (χ0n) is 10.4. The molecule has 1 heterocycles. The highest BCUT2D eigenvalue weighted by atomic mass is 79.9. The van der Waals surface area contributed by atoms with E-state index in [0.717, 1.165) is 9.88 Å². The van der Waals surface area contributed by atoms with Gasteiger partial charge in [0.25, 0.3) is 0 Å². The number of sulfonamides is 1. The Morgan fingerprint density at radius 1 is 1.40 bits per heavy atom.